The predicted molar refractivity (Wildman–Crippen MR) is 127 cm³/mol. The summed E-state index contributed by atoms with van der Waals surface area (Å²) in [6.07, 6.45) is 0. The summed E-state index contributed by atoms with van der Waals surface area (Å²) in [5, 5.41) is 0. The fraction of sp³-hybridized carbons (Fsp3) is 0.133. The zero-order valence-electron chi connectivity index (χ0n) is 17.7. The molecule has 4 aromatic carbocycles. The van der Waals surface area contributed by atoms with E-state index < -0.39 is 0 Å². The van der Waals surface area contributed by atoms with Crippen molar-refractivity contribution in [1.29, 1.82) is 0 Å². The molecule has 30 heavy (non-hydrogen) atoms. The lowest BCUT2D eigenvalue weighted by molar-refractivity contribution is 0.840. The van der Waals surface area contributed by atoms with Crippen LogP contribution < -0.4 is 0 Å². The molecule has 0 heterocycles. The van der Waals surface area contributed by atoms with Gasteiger partial charge in [-0.25, -0.2) is 0 Å². The number of hydrogen-bond acceptors (Lipinski definition) is 0. The molecule has 0 heteroatoms. The second kappa shape index (κ2) is 6.06. The normalized spacial score (nSPS) is 18.5. The highest BCUT2D eigenvalue weighted by Gasteiger charge is 2.52. The number of allylic oxidation sites excluding steroid dienone is 2. The first kappa shape index (κ1) is 17.5. The van der Waals surface area contributed by atoms with Gasteiger partial charge in [0.25, 0.3) is 0 Å². The fourth-order valence-electron chi connectivity index (χ4n) is 6.02. The minimum Gasteiger partial charge on any atom is -0.0620 e. The number of benzene rings is 4. The number of rotatable bonds is 1. The van der Waals surface area contributed by atoms with Crippen molar-refractivity contribution >= 4 is 11.1 Å². The minimum absolute atomic E-state index is 0.259. The van der Waals surface area contributed by atoms with Crippen molar-refractivity contribution < 1.29 is 0 Å². The van der Waals surface area contributed by atoms with Crippen LogP contribution in [0, 0.1) is 13.8 Å². The Balaban J connectivity index is 1.86. The Morgan fingerprint density at radius 3 is 1.73 bits per heavy atom. The summed E-state index contributed by atoms with van der Waals surface area (Å²) in [5.74, 6) is 0. The Labute approximate surface area is 178 Å². The predicted octanol–water partition coefficient (Wildman–Crippen LogP) is 7.56. The molecular weight excluding hydrogens is 360 g/mol. The Bertz CT molecular complexity index is 1370. The van der Waals surface area contributed by atoms with Crippen molar-refractivity contribution in [1.82, 2.24) is 0 Å². The van der Waals surface area contributed by atoms with E-state index in [-0.39, 0.29) is 5.41 Å². The molecule has 1 unspecified atom stereocenters. The molecule has 6 rings (SSSR count). The highest BCUT2D eigenvalue weighted by molar-refractivity contribution is 6.09. The van der Waals surface area contributed by atoms with Crippen LogP contribution in [0.1, 0.15) is 45.9 Å². The zero-order valence-corrected chi connectivity index (χ0v) is 17.7. The maximum atomic E-state index is 2.36. The molecule has 0 saturated heterocycles. The minimum atomic E-state index is -0.259. The molecule has 2 aliphatic carbocycles. The molecule has 0 N–H and O–H groups in total. The van der Waals surface area contributed by atoms with Crippen LogP contribution in [0.3, 0.4) is 0 Å². The molecule has 144 valence electrons. The SMILES string of the molecule is CC1=C(c2ccccc2C)C2(c3ccccc31)c1ccccc1-c1c(C)cccc12. The maximum absolute atomic E-state index is 2.36. The van der Waals surface area contributed by atoms with Gasteiger partial charge in [-0.3, -0.25) is 0 Å². The highest BCUT2D eigenvalue weighted by Crippen LogP contribution is 2.64. The molecule has 1 atom stereocenters. The molecule has 0 nitrogen and oxygen atoms in total. The molecule has 0 radical (unpaired) electrons. The van der Waals surface area contributed by atoms with Crippen molar-refractivity contribution in [3.05, 3.63) is 130 Å². The third kappa shape index (κ3) is 1.96. The van der Waals surface area contributed by atoms with Crippen LogP contribution in [0.25, 0.3) is 22.3 Å². The van der Waals surface area contributed by atoms with Crippen molar-refractivity contribution in [3.8, 4) is 11.1 Å². The van der Waals surface area contributed by atoms with Gasteiger partial charge in [-0.1, -0.05) is 91.0 Å². The molecule has 4 aromatic rings. The lowest BCUT2D eigenvalue weighted by Gasteiger charge is -2.33. The molecule has 0 bridgehead atoms. The molecule has 2 aliphatic rings. The highest BCUT2D eigenvalue weighted by atomic mass is 14.5. The number of aryl methyl sites for hydroxylation is 2. The van der Waals surface area contributed by atoms with Crippen LogP contribution in [-0.4, -0.2) is 0 Å². The Morgan fingerprint density at radius 2 is 1.00 bits per heavy atom. The third-order valence-electron chi connectivity index (χ3n) is 7.18. The summed E-state index contributed by atoms with van der Waals surface area (Å²) in [6.45, 7) is 6.80. The monoisotopic (exact) mass is 384 g/mol. The Morgan fingerprint density at radius 1 is 0.467 bits per heavy atom. The van der Waals surface area contributed by atoms with Gasteiger partial charge in [-0.2, -0.15) is 0 Å². The molecular formula is C30H24. The van der Waals surface area contributed by atoms with E-state index >= 15 is 0 Å². The number of hydrogen-bond donors (Lipinski definition) is 0. The van der Waals surface area contributed by atoms with E-state index in [1.54, 1.807) is 0 Å². The van der Waals surface area contributed by atoms with Crippen molar-refractivity contribution in [2.45, 2.75) is 26.2 Å². The van der Waals surface area contributed by atoms with Gasteiger partial charge < -0.3 is 0 Å². The van der Waals surface area contributed by atoms with E-state index in [9.17, 15) is 0 Å². The molecule has 0 aromatic heterocycles. The van der Waals surface area contributed by atoms with Crippen LogP contribution in [0.5, 0.6) is 0 Å². The largest absolute Gasteiger partial charge is 0.0728 e. The van der Waals surface area contributed by atoms with Crippen LogP contribution in [0.15, 0.2) is 91.0 Å². The Hall–Kier alpha value is -3.38. The van der Waals surface area contributed by atoms with Crippen molar-refractivity contribution in [2.75, 3.05) is 0 Å². The summed E-state index contributed by atoms with van der Waals surface area (Å²) in [6, 6.07) is 33.8. The second-order valence-electron chi connectivity index (χ2n) is 8.65. The smallest absolute Gasteiger partial charge is 0.0620 e. The fourth-order valence-corrected chi connectivity index (χ4v) is 6.02. The van der Waals surface area contributed by atoms with E-state index in [0.717, 1.165) is 0 Å². The molecule has 0 saturated carbocycles. The standard InChI is InChI=1S/C30H24/c1-19-11-4-5-13-22(19)29-21(3)23-14-6-8-16-25(23)30(29)26-17-9-7-15-24(26)28-20(2)12-10-18-27(28)30/h4-18H,1-3H3. The van der Waals surface area contributed by atoms with Crippen LogP contribution >= 0.6 is 0 Å². The average molecular weight is 385 g/mol. The van der Waals surface area contributed by atoms with E-state index in [2.05, 4.69) is 112 Å². The third-order valence-corrected chi connectivity index (χ3v) is 7.18. The summed E-state index contributed by atoms with van der Waals surface area (Å²) >= 11 is 0. The molecule has 0 aliphatic heterocycles. The van der Waals surface area contributed by atoms with Gasteiger partial charge in [-0.05, 0) is 82.0 Å². The van der Waals surface area contributed by atoms with Gasteiger partial charge in [0, 0.05) is 0 Å². The van der Waals surface area contributed by atoms with Crippen LogP contribution in [-0.2, 0) is 5.41 Å². The van der Waals surface area contributed by atoms with Gasteiger partial charge in [0.2, 0.25) is 0 Å². The molecule has 0 amide bonds. The van der Waals surface area contributed by atoms with Gasteiger partial charge in [-0.15, -0.1) is 0 Å². The van der Waals surface area contributed by atoms with Crippen LogP contribution in [0.4, 0.5) is 0 Å². The van der Waals surface area contributed by atoms with E-state index in [1.807, 2.05) is 0 Å². The maximum Gasteiger partial charge on any atom is 0.0728 e. The first-order valence-corrected chi connectivity index (χ1v) is 10.7. The van der Waals surface area contributed by atoms with E-state index in [4.69, 9.17) is 0 Å². The van der Waals surface area contributed by atoms with Gasteiger partial charge in [0.05, 0.1) is 5.41 Å². The van der Waals surface area contributed by atoms with Gasteiger partial charge in [0.15, 0.2) is 0 Å². The summed E-state index contributed by atoms with van der Waals surface area (Å²) in [4.78, 5) is 0. The van der Waals surface area contributed by atoms with E-state index in [0.29, 0.717) is 0 Å². The van der Waals surface area contributed by atoms with Crippen LogP contribution in [0.2, 0.25) is 0 Å². The van der Waals surface area contributed by atoms with Gasteiger partial charge in [0.1, 0.15) is 0 Å². The first-order valence-electron chi connectivity index (χ1n) is 10.7. The lowest BCUT2D eigenvalue weighted by atomic mass is 9.67. The molecule has 0 fully saturated rings. The van der Waals surface area contributed by atoms with E-state index in [1.165, 1.54) is 61.2 Å². The summed E-state index contributed by atoms with van der Waals surface area (Å²) < 4.78 is 0. The van der Waals surface area contributed by atoms with Crippen molar-refractivity contribution in [2.24, 2.45) is 0 Å². The molecule has 1 spiro atoms. The average Bonchev–Trinajstić information content (AvgIpc) is 3.21. The zero-order chi connectivity index (χ0) is 20.5. The summed E-state index contributed by atoms with van der Waals surface area (Å²) in [7, 11) is 0. The topological polar surface area (TPSA) is 0 Å². The first-order chi connectivity index (χ1) is 14.7. The van der Waals surface area contributed by atoms with Gasteiger partial charge >= 0.3 is 0 Å². The van der Waals surface area contributed by atoms with Crippen molar-refractivity contribution in [3.63, 3.8) is 0 Å². The number of fused-ring (bicyclic) bond motifs is 7. The second-order valence-corrected chi connectivity index (χ2v) is 8.65. The Kier molecular flexibility index (Phi) is 3.53. The lowest BCUT2D eigenvalue weighted by Crippen LogP contribution is -2.27. The quantitative estimate of drug-likeness (QED) is 0.317. The summed E-state index contributed by atoms with van der Waals surface area (Å²) in [5.41, 5.74) is 15.0.